The summed E-state index contributed by atoms with van der Waals surface area (Å²) in [7, 11) is 0.222. The third kappa shape index (κ3) is 23.8. The zero-order valence-electron chi connectivity index (χ0n) is 76.3. The van der Waals surface area contributed by atoms with Crippen LogP contribution in [0.1, 0.15) is 107 Å². The highest BCUT2D eigenvalue weighted by Crippen LogP contribution is 2.43. The number of Topliss-reactive ketones (excluding diaryl/α,β-unsaturated/α-hetero) is 1. The summed E-state index contributed by atoms with van der Waals surface area (Å²) in [5, 5.41) is 44.0. The van der Waals surface area contributed by atoms with Gasteiger partial charge in [-0.2, -0.15) is 0 Å². The van der Waals surface area contributed by atoms with Gasteiger partial charge in [0, 0.05) is 105 Å². The molecule has 694 valence electrons. The molecule has 7 N–H and O–H groups in total. The van der Waals surface area contributed by atoms with Crippen molar-refractivity contribution >= 4 is 164 Å². The van der Waals surface area contributed by atoms with Crippen molar-refractivity contribution in [1.29, 1.82) is 0 Å². The predicted molar refractivity (Wildman–Crippen MR) is 538 cm³/mol. The number of aryl methyl sites for hydroxylation is 7. The number of benzene rings is 12. The molecule has 17 rings (SSSR count). The van der Waals surface area contributed by atoms with Crippen LogP contribution in [-0.2, 0) is 101 Å². The number of nitrogens with zero attached hydrogens (tertiary/aromatic N) is 5. The summed E-state index contributed by atoms with van der Waals surface area (Å²) in [4.78, 5) is 124. The number of esters is 1. The molecule has 0 spiro atoms. The first-order valence-electron chi connectivity index (χ1n) is 43.9. The molecule has 0 saturated carbocycles. The Kier molecular flexibility index (Phi) is 32.4. The summed E-state index contributed by atoms with van der Waals surface area (Å²) in [5.74, 6) is -4.71. The minimum atomic E-state index is -3.94. The number of carboxylic acid groups (broad SMARTS) is 3. The van der Waals surface area contributed by atoms with Gasteiger partial charge in [0.2, 0.25) is 22.8 Å². The zero-order valence-corrected chi connectivity index (χ0v) is 78.8. The number of aromatic carboxylic acids is 1. The number of hydrogen-bond donors (Lipinski definition) is 8. The van der Waals surface area contributed by atoms with Crippen LogP contribution in [0.25, 0.3) is 59.5 Å². The van der Waals surface area contributed by atoms with Crippen LogP contribution in [0.4, 0.5) is 22.7 Å². The normalized spacial score (nSPS) is 12.2. The van der Waals surface area contributed by atoms with Crippen LogP contribution in [0.3, 0.4) is 0 Å². The quantitative estimate of drug-likeness (QED) is 0.0150. The molecule has 0 bridgehead atoms. The van der Waals surface area contributed by atoms with Crippen LogP contribution in [0.15, 0.2) is 301 Å². The van der Waals surface area contributed by atoms with Crippen LogP contribution in [0.5, 0.6) is 0 Å². The molecule has 15 aromatic rings. The van der Waals surface area contributed by atoms with Crippen LogP contribution < -0.4 is 26.2 Å². The first kappa shape index (κ1) is 98.1. The molecule has 0 aliphatic carbocycles. The van der Waals surface area contributed by atoms with Crippen molar-refractivity contribution in [2.45, 2.75) is 102 Å². The largest absolute Gasteiger partial charge is 0.481 e. The number of sulfonamides is 1. The fourth-order valence-electron chi connectivity index (χ4n) is 16.8. The van der Waals surface area contributed by atoms with Gasteiger partial charge in [-0.1, -0.05) is 211 Å². The highest BCUT2D eigenvalue weighted by Gasteiger charge is 2.39. The second-order valence-corrected chi connectivity index (χ2v) is 36.2. The highest BCUT2D eigenvalue weighted by atomic mass is 32.2. The number of amides is 4. The monoisotopic (exact) mass is 1880 g/mol. The van der Waals surface area contributed by atoms with Crippen LogP contribution in [0.2, 0.25) is 0 Å². The van der Waals surface area contributed by atoms with E-state index in [0.717, 1.165) is 159 Å². The van der Waals surface area contributed by atoms with Crippen LogP contribution in [-0.4, -0.2) is 134 Å². The number of likely N-dealkylation sites (N-methyl/N-ethyl adjacent to an activating group) is 1. The molecule has 0 unspecified atom stereocenters. The van der Waals surface area contributed by atoms with Crippen molar-refractivity contribution in [3.63, 3.8) is 0 Å². The SMILES string of the molecule is CC(=O)c1c(C)n(CC(=O)N2CCCc3ccccc32)c2ccccc12.COC(=O)C1=C(SC(=O)CNc2ccc3ccccc3c2)c2ccccc2S(=O)(=O)N1C.Cc1ccc(NC(=O)Cc2c(C(=O)O)n(C)c3ccc(C)cc23)c(C)c1.O=C(O)CCc1ccc(-c2ccc(S)cc2)n1CCc1ccccc1.O=C(O)CNC(=O)c1ccccc1NC(=O)Cc1cccc2ccccc12. The summed E-state index contributed by atoms with van der Waals surface area (Å²) in [5.41, 5.74) is 17.0. The molecule has 12 aromatic carbocycles. The van der Waals surface area contributed by atoms with Gasteiger partial charge in [-0.25, -0.2) is 18.0 Å². The molecule has 2 aliphatic rings. The Morgan fingerprint density at radius 1 is 0.559 bits per heavy atom. The number of thioether (sulfide) groups is 1. The van der Waals surface area contributed by atoms with E-state index in [2.05, 4.69) is 74.9 Å². The summed E-state index contributed by atoms with van der Waals surface area (Å²) in [6.45, 7) is 10.7. The smallest absolute Gasteiger partial charge is 0.356 e. The summed E-state index contributed by atoms with van der Waals surface area (Å²) in [6.07, 6.45) is 3.75. The lowest BCUT2D eigenvalue weighted by Crippen LogP contribution is -2.37. The molecule has 25 nitrogen and oxygen atoms in total. The van der Waals surface area contributed by atoms with Gasteiger partial charge in [0.05, 0.1) is 54.0 Å². The first-order valence-corrected chi connectivity index (χ1v) is 46.6. The Bertz CT molecular complexity index is 7240. The topological polar surface area (TPSA) is 344 Å². The van der Waals surface area contributed by atoms with Crippen molar-refractivity contribution in [1.82, 2.24) is 23.3 Å². The average molecular weight is 1880 g/mol. The second kappa shape index (κ2) is 44.9. The fraction of sp³-hybridized carbons (Fsp3) is 0.185. The van der Waals surface area contributed by atoms with E-state index < -0.39 is 46.4 Å². The number of carboxylic acids is 3. The van der Waals surface area contributed by atoms with Gasteiger partial charge in [-0.05, 0) is 206 Å². The van der Waals surface area contributed by atoms with Gasteiger partial charge in [0.15, 0.2) is 11.5 Å². The number of hydrogen-bond acceptors (Lipinski definition) is 16. The molecular weight excluding hydrogens is 1780 g/mol. The standard InChI is InChI=1S/C23H20N2O5S2.C22H22N2O2.C21H18N2O4.C21H22N2O3.C21H21NO2S/c1-25-21(23(27)30-2)22(18-9-5-6-10-19(18)32(25,28)29)31-20(26)14-24-17-12-11-15-7-3-4-8-16(15)13-17;1-15-22(16(2)25)18-10-4-6-12-20(18)24(15)14-21(26)23-13-7-9-17-8-3-5-11-19(17)23;24-19(12-15-8-5-7-14-6-1-2-9-16(14)15)23-18-11-4-3-10-17(18)21(27)22-13-20(25)26;1-12-5-7-17(14(3)9-12)22-19(24)11-16-15-10-13(2)6-8-18(15)23(4)20(16)21(25)26;23-21(24)13-9-18-8-12-20(17-6-10-19(25)11-7-17)22(18)15-14-16-4-2-1-3-5-16/h3-13,24H,14H2,1-2H3;3-6,8,10-12H,7,9,13-14H2,1-2H3;1-11H,12-13H2,(H,22,27)(H,23,24)(H,25,26);5-10H,11H2,1-4H3,(H,22,24)(H,25,26);1-8,10-12,25H,9,13-15H2,(H,23,24). The number of para-hydroxylation sites is 3. The number of carbonyl (C=O) groups is 10. The Balaban J connectivity index is 0.000000144. The lowest BCUT2D eigenvalue weighted by Gasteiger charge is -2.30. The van der Waals surface area contributed by atoms with Gasteiger partial charge in [0.25, 0.3) is 15.9 Å². The van der Waals surface area contributed by atoms with Crippen LogP contribution >= 0.6 is 24.4 Å². The molecular formula is C108H103N9O16S3. The molecule has 2 aliphatic heterocycles. The molecule has 0 fully saturated rings. The number of nitrogens with one attached hydrogen (secondary N) is 4. The van der Waals surface area contributed by atoms with Crippen molar-refractivity contribution < 1.29 is 76.4 Å². The Labute approximate surface area is 797 Å². The molecule has 3 aromatic heterocycles. The van der Waals surface area contributed by atoms with Crippen molar-refractivity contribution in [3.05, 3.63) is 364 Å². The minimum Gasteiger partial charge on any atom is -0.481 e. The van der Waals surface area contributed by atoms with Gasteiger partial charge in [-0.3, -0.25) is 42.7 Å². The predicted octanol–water partition coefficient (Wildman–Crippen LogP) is 19.3. The molecule has 28 heteroatoms. The van der Waals surface area contributed by atoms with Crippen molar-refractivity contribution in [2.24, 2.45) is 7.05 Å². The summed E-state index contributed by atoms with van der Waals surface area (Å²) in [6, 6.07) is 90.1. The number of thiol groups is 1. The van der Waals surface area contributed by atoms with E-state index in [-0.39, 0.29) is 87.7 Å². The molecule has 136 heavy (non-hydrogen) atoms. The van der Waals surface area contributed by atoms with Crippen LogP contribution in [0, 0.1) is 27.7 Å². The molecule has 4 amide bonds. The Hall–Kier alpha value is -15.4. The van der Waals surface area contributed by atoms with Gasteiger partial charge in [-0.15, -0.1) is 12.6 Å². The van der Waals surface area contributed by atoms with E-state index >= 15 is 0 Å². The number of aliphatic carboxylic acids is 2. The minimum absolute atomic E-state index is 0.00967. The second-order valence-electron chi connectivity index (χ2n) is 32.7. The number of aromatic nitrogens is 3. The van der Waals surface area contributed by atoms with E-state index in [1.165, 1.54) is 37.4 Å². The maximum atomic E-state index is 13.1. The molecule has 0 radical (unpaired) electrons. The molecule has 0 saturated heterocycles. The third-order valence-corrected chi connectivity index (χ3v) is 26.5. The molecule has 0 atom stereocenters. The number of carbonyl (C=O) groups excluding carboxylic acids is 7. The Morgan fingerprint density at radius 3 is 1.93 bits per heavy atom. The fourth-order valence-corrected chi connectivity index (χ4v) is 19.4. The summed E-state index contributed by atoms with van der Waals surface area (Å²) < 4.78 is 37.3. The number of fused-ring (bicyclic) bond motifs is 6. The number of methoxy groups -OCH3 is 1. The number of ketones is 1. The van der Waals surface area contributed by atoms with Crippen molar-refractivity contribution in [3.8, 4) is 11.3 Å². The Morgan fingerprint density at radius 2 is 1.21 bits per heavy atom. The number of anilines is 4. The van der Waals surface area contributed by atoms with Crippen molar-refractivity contribution in [2.75, 3.05) is 54.6 Å². The number of ether oxygens (including phenoxy) is 1. The average Bonchev–Trinajstić information content (AvgIpc) is 1.16. The lowest BCUT2D eigenvalue weighted by molar-refractivity contribution is -0.138. The lowest BCUT2D eigenvalue weighted by atomic mass is 10.0. The van der Waals surface area contributed by atoms with E-state index in [1.54, 1.807) is 54.9 Å². The maximum Gasteiger partial charge on any atom is 0.356 e. The number of rotatable bonds is 25. The van der Waals surface area contributed by atoms with E-state index in [0.29, 0.717) is 28.8 Å². The van der Waals surface area contributed by atoms with Gasteiger partial charge < -0.3 is 59.9 Å². The first-order chi connectivity index (χ1) is 65.3. The summed E-state index contributed by atoms with van der Waals surface area (Å²) >= 11 is 5.16. The van der Waals surface area contributed by atoms with Gasteiger partial charge in [0.1, 0.15) is 18.8 Å². The van der Waals surface area contributed by atoms with E-state index in [9.17, 15) is 61.5 Å². The zero-order chi connectivity index (χ0) is 97.0. The van der Waals surface area contributed by atoms with E-state index in [4.69, 9.17) is 14.9 Å². The van der Waals surface area contributed by atoms with E-state index in [1.807, 2.05) is 237 Å². The highest BCUT2D eigenvalue weighted by molar-refractivity contribution is 8.21. The molecule has 5 heterocycles. The van der Waals surface area contributed by atoms with Gasteiger partial charge >= 0.3 is 23.9 Å². The maximum absolute atomic E-state index is 13.1. The third-order valence-electron chi connectivity index (χ3n) is 23.4.